The molecule has 27 heavy (non-hydrogen) atoms. The van der Waals surface area contributed by atoms with Crippen LogP contribution < -0.4 is 5.32 Å². The predicted molar refractivity (Wildman–Crippen MR) is 116 cm³/mol. The maximum atomic E-state index is 11.6. The Kier molecular flexibility index (Phi) is 9.51. The molecule has 0 bridgehead atoms. The van der Waals surface area contributed by atoms with Gasteiger partial charge in [-0.25, -0.2) is 13.4 Å². The third kappa shape index (κ3) is 6.95. The summed E-state index contributed by atoms with van der Waals surface area (Å²) in [5.41, 5.74) is 0.942. The van der Waals surface area contributed by atoms with Gasteiger partial charge in [0.25, 0.3) is 0 Å². The van der Waals surface area contributed by atoms with Crippen molar-refractivity contribution >= 4 is 45.7 Å². The number of esters is 1. The van der Waals surface area contributed by atoms with Crippen molar-refractivity contribution in [3.63, 3.8) is 0 Å². The number of methoxy groups -OCH3 is 1. The number of rotatable bonds is 5. The number of piperidine rings is 1. The highest BCUT2D eigenvalue weighted by Gasteiger charge is 2.26. The van der Waals surface area contributed by atoms with E-state index in [-0.39, 0.29) is 35.9 Å². The molecule has 1 saturated heterocycles. The minimum atomic E-state index is -3.19. The molecular formula is C18H28IN3O4S. The lowest BCUT2D eigenvalue weighted by atomic mass is 9.97. The molecular weight excluding hydrogens is 481 g/mol. The smallest absolute Gasteiger partial charge is 0.308 e. The van der Waals surface area contributed by atoms with Gasteiger partial charge < -0.3 is 15.0 Å². The average Bonchev–Trinajstić information content (AvgIpc) is 2.64. The molecule has 0 amide bonds. The van der Waals surface area contributed by atoms with Crippen LogP contribution in [0.2, 0.25) is 0 Å². The van der Waals surface area contributed by atoms with Gasteiger partial charge >= 0.3 is 5.97 Å². The van der Waals surface area contributed by atoms with E-state index in [1.165, 1.54) is 13.4 Å². The molecule has 1 aliphatic rings. The van der Waals surface area contributed by atoms with E-state index in [1.54, 1.807) is 24.3 Å². The molecule has 0 aromatic heterocycles. The zero-order valence-corrected chi connectivity index (χ0v) is 19.1. The first kappa shape index (κ1) is 23.7. The number of carbonyl (C=O) groups is 1. The lowest BCUT2D eigenvalue weighted by Gasteiger charge is -2.33. The van der Waals surface area contributed by atoms with Crippen LogP contribution in [0.3, 0.4) is 0 Å². The Morgan fingerprint density at radius 2 is 1.85 bits per heavy atom. The van der Waals surface area contributed by atoms with Crippen molar-refractivity contribution in [1.82, 2.24) is 10.2 Å². The summed E-state index contributed by atoms with van der Waals surface area (Å²) in [6, 6.07) is 6.78. The van der Waals surface area contributed by atoms with Gasteiger partial charge in [-0.2, -0.15) is 0 Å². The molecule has 0 unspecified atom stereocenters. The number of carbonyl (C=O) groups excluding carboxylic acids is 1. The van der Waals surface area contributed by atoms with Crippen molar-refractivity contribution in [2.24, 2.45) is 10.9 Å². The van der Waals surface area contributed by atoms with Gasteiger partial charge in [0.1, 0.15) is 0 Å². The monoisotopic (exact) mass is 509 g/mol. The number of nitrogens with one attached hydrogen (secondary N) is 1. The van der Waals surface area contributed by atoms with Crippen molar-refractivity contribution in [3.8, 4) is 0 Å². The van der Waals surface area contributed by atoms with Crippen molar-refractivity contribution in [1.29, 1.82) is 0 Å². The number of guanidine groups is 1. The average molecular weight is 509 g/mol. The fraction of sp³-hybridized carbons (Fsp3) is 0.556. The summed E-state index contributed by atoms with van der Waals surface area (Å²) in [5, 5.41) is 3.28. The first-order valence-electron chi connectivity index (χ1n) is 8.75. The molecule has 1 aromatic carbocycles. The molecule has 1 fully saturated rings. The van der Waals surface area contributed by atoms with Crippen molar-refractivity contribution in [3.05, 3.63) is 29.8 Å². The molecule has 0 spiro atoms. The number of nitrogens with zero attached hydrogens (tertiary/aromatic N) is 2. The normalized spacial score (nSPS) is 15.8. The van der Waals surface area contributed by atoms with Gasteiger partial charge in [0.05, 0.1) is 24.5 Å². The van der Waals surface area contributed by atoms with E-state index < -0.39 is 9.84 Å². The van der Waals surface area contributed by atoms with Crippen molar-refractivity contribution < 1.29 is 17.9 Å². The van der Waals surface area contributed by atoms with Gasteiger partial charge in [0, 0.05) is 25.9 Å². The fourth-order valence-corrected chi connectivity index (χ4v) is 3.56. The fourth-order valence-electron chi connectivity index (χ4n) is 2.93. The zero-order chi connectivity index (χ0) is 19.2. The predicted octanol–water partition coefficient (Wildman–Crippen LogP) is 2.06. The van der Waals surface area contributed by atoms with E-state index >= 15 is 0 Å². The number of likely N-dealkylation sites (tertiary alicyclic amines) is 1. The summed E-state index contributed by atoms with van der Waals surface area (Å²) in [7, 11) is -1.76. The first-order valence-corrected chi connectivity index (χ1v) is 10.6. The Morgan fingerprint density at radius 3 is 2.33 bits per heavy atom. The summed E-state index contributed by atoms with van der Waals surface area (Å²) in [6.45, 7) is 4.72. The Bertz CT molecular complexity index is 742. The quantitative estimate of drug-likeness (QED) is 0.283. The van der Waals surface area contributed by atoms with E-state index in [0.29, 0.717) is 11.4 Å². The molecule has 1 aromatic rings. The van der Waals surface area contributed by atoms with Crippen LogP contribution in [0.25, 0.3) is 0 Å². The third-order valence-electron chi connectivity index (χ3n) is 4.43. The number of benzene rings is 1. The molecule has 2 rings (SSSR count). The topological polar surface area (TPSA) is 88.1 Å². The zero-order valence-electron chi connectivity index (χ0n) is 16.0. The summed E-state index contributed by atoms with van der Waals surface area (Å²) in [5.74, 6) is 0.628. The van der Waals surface area contributed by atoms with Crippen LogP contribution >= 0.6 is 24.0 Å². The van der Waals surface area contributed by atoms with Crippen molar-refractivity contribution in [2.45, 2.75) is 31.2 Å². The number of hydrogen-bond donors (Lipinski definition) is 1. The van der Waals surface area contributed by atoms with Gasteiger partial charge in [0.2, 0.25) is 0 Å². The molecule has 0 radical (unpaired) electrons. The Hall–Kier alpha value is -1.36. The van der Waals surface area contributed by atoms with Crippen molar-refractivity contribution in [2.75, 3.05) is 33.0 Å². The summed E-state index contributed by atoms with van der Waals surface area (Å²) in [6.07, 6.45) is 2.70. The second kappa shape index (κ2) is 10.8. The van der Waals surface area contributed by atoms with Gasteiger partial charge in [-0.15, -0.1) is 24.0 Å². The molecule has 0 atom stereocenters. The Labute approximate surface area is 178 Å². The van der Waals surface area contributed by atoms with Gasteiger partial charge in [-0.05, 0) is 37.5 Å². The summed E-state index contributed by atoms with van der Waals surface area (Å²) >= 11 is 0. The second-order valence-corrected chi connectivity index (χ2v) is 8.39. The highest BCUT2D eigenvalue weighted by atomic mass is 127. The summed E-state index contributed by atoms with van der Waals surface area (Å²) in [4.78, 5) is 18.8. The van der Waals surface area contributed by atoms with Crippen LogP contribution in [0.15, 0.2) is 34.2 Å². The highest BCUT2D eigenvalue weighted by Crippen LogP contribution is 2.19. The molecule has 7 nitrogen and oxygen atoms in total. The highest BCUT2D eigenvalue weighted by molar-refractivity contribution is 14.0. The summed E-state index contributed by atoms with van der Waals surface area (Å²) < 4.78 is 27.9. The van der Waals surface area contributed by atoms with Gasteiger partial charge in [0.15, 0.2) is 15.8 Å². The van der Waals surface area contributed by atoms with Gasteiger partial charge in [-0.3, -0.25) is 4.79 Å². The number of aliphatic imine (C=N–C) groups is 1. The Morgan fingerprint density at radius 1 is 1.26 bits per heavy atom. The molecule has 1 aliphatic heterocycles. The number of ether oxygens (including phenoxy) is 1. The largest absolute Gasteiger partial charge is 0.469 e. The maximum absolute atomic E-state index is 11.6. The lowest BCUT2D eigenvalue weighted by Crippen LogP contribution is -2.46. The lowest BCUT2D eigenvalue weighted by molar-refractivity contribution is -0.146. The molecule has 1 N–H and O–H groups in total. The molecule has 0 aliphatic carbocycles. The van der Waals surface area contributed by atoms with E-state index in [0.717, 1.165) is 44.0 Å². The van der Waals surface area contributed by atoms with Crippen LogP contribution in [0, 0.1) is 5.92 Å². The van der Waals surface area contributed by atoms with E-state index in [9.17, 15) is 13.2 Å². The Balaban J connectivity index is 0.00000364. The van der Waals surface area contributed by atoms with E-state index in [2.05, 4.69) is 15.2 Å². The van der Waals surface area contributed by atoms with Crippen LogP contribution in [0.1, 0.15) is 25.3 Å². The number of sulfone groups is 1. The first-order chi connectivity index (χ1) is 12.3. The maximum Gasteiger partial charge on any atom is 0.308 e. The number of halogens is 1. The minimum absolute atomic E-state index is 0. The van der Waals surface area contributed by atoms with E-state index in [4.69, 9.17) is 4.74 Å². The SMILES string of the molecule is CCNC(=NCc1ccc(S(C)(=O)=O)cc1)N1CCC(C(=O)OC)CC1.I. The van der Waals surface area contributed by atoms with Crippen LogP contribution in [0.4, 0.5) is 0 Å². The molecule has 1 heterocycles. The third-order valence-corrected chi connectivity index (χ3v) is 5.56. The molecule has 9 heteroatoms. The van der Waals surface area contributed by atoms with Crippen LogP contribution in [0.5, 0.6) is 0 Å². The van der Waals surface area contributed by atoms with Crippen LogP contribution in [-0.2, 0) is 25.9 Å². The standard InChI is InChI=1S/C18H27N3O4S.HI/c1-4-19-18(21-11-9-15(10-12-21)17(22)25-2)20-13-14-5-7-16(8-6-14)26(3,23)24;/h5-8,15H,4,9-13H2,1-3H3,(H,19,20);1H. The van der Waals surface area contributed by atoms with E-state index in [1.807, 2.05) is 6.92 Å². The van der Waals surface area contributed by atoms with Crippen LogP contribution in [-0.4, -0.2) is 58.2 Å². The molecule has 0 saturated carbocycles. The second-order valence-electron chi connectivity index (χ2n) is 6.37. The minimum Gasteiger partial charge on any atom is -0.469 e. The van der Waals surface area contributed by atoms with Gasteiger partial charge in [-0.1, -0.05) is 12.1 Å². The molecule has 152 valence electrons. The number of hydrogen-bond acceptors (Lipinski definition) is 5.